The highest BCUT2D eigenvalue weighted by Crippen LogP contribution is 2.28. The molecule has 6 nitrogen and oxygen atoms in total. The molecule has 1 atom stereocenters. The van der Waals surface area contributed by atoms with Crippen LogP contribution in [0.15, 0.2) is 59.8 Å². The van der Waals surface area contributed by atoms with Crippen LogP contribution in [0.2, 0.25) is 0 Å². The molecule has 1 unspecified atom stereocenters. The standard InChI is InChI=1S/C23H26N4O2S/c1-17(22(28)18-10-12-20(29-2)13-11-18)30-23-25-24-21(16-26-14-6-7-15-26)27(23)19-8-4-3-5-9-19/h3-5,8-13,17H,6-7,14-16H2,1-2H3. The zero-order valence-corrected chi connectivity index (χ0v) is 18.1. The number of benzene rings is 2. The number of hydrogen-bond donors (Lipinski definition) is 0. The molecule has 0 N–H and O–H groups in total. The van der Waals surface area contributed by atoms with Gasteiger partial charge in [-0.1, -0.05) is 30.0 Å². The maximum Gasteiger partial charge on any atom is 0.196 e. The molecule has 0 bridgehead atoms. The van der Waals surface area contributed by atoms with E-state index in [-0.39, 0.29) is 11.0 Å². The lowest BCUT2D eigenvalue weighted by Gasteiger charge is -2.17. The van der Waals surface area contributed by atoms with Crippen LogP contribution in [0.25, 0.3) is 5.69 Å². The molecular weight excluding hydrogens is 396 g/mol. The summed E-state index contributed by atoms with van der Waals surface area (Å²) in [5, 5.41) is 9.39. The molecule has 0 aliphatic carbocycles. The Morgan fingerprint density at radius 1 is 1.07 bits per heavy atom. The average molecular weight is 423 g/mol. The third-order valence-electron chi connectivity index (χ3n) is 5.30. The molecule has 1 aromatic heterocycles. The quantitative estimate of drug-likeness (QED) is 0.400. The molecule has 30 heavy (non-hydrogen) atoms. The molecule has 0 spiro atoms. The molecule has 4 rings (SSSR count). The van der Waals surface area contributed by atoms with Crippen LogP contribution in [0.5, 0.6) is 5.75 Å². The van der Waals surface area contributed by atoms with E-state index < -0.39 is 0 Å². The van der Waals surface area contributed by atoms with Crippen molar-refractivity contribution in [3.8, 4) is 11.4 Å². The smallest absolute Gasteiger partial charge is 0.196 e. The number of aromatic nitrogens is 3. The van der Waals surface area contributed by atoms with Crippen LogP contribution in [0, 0.1) is 0 Å². The Labute approximate surface area is 181 Å². The van der Waals surface area contributed by atoms with Crippen molar-refractivity contribution in [1.29, 1.82) is 0 Å². The van der Waals surface area contributed by atoms with Crippen LogP contribution in [0.1, 0.15) is 35.9 Å². The molecule has 0 amide bonds. The van der Waals surface area contributed by atoms with Crippen molar-refractivity contribution < 1.29 is 9.53 Å². The second-order valence-corrected chi connectivity index (χ2v) is 8.71. The van der Waals surface area contributed by atoms with Gasteiger partial charge in [0.15, 0.2) is 16.8 Å². The van der Waals surface area contributed by atoms with E-state index in [1.165, 1.54) is 24.6 Å². The Kier molecular flexibility index (Phi) is 6.50. The largest absolute Gasteiger partial charge is 0.497 e. The number of hydrogen-bond acceptors (Lipinski definition) is 6. The number of Topliss-reactive ketones (excluding diaryl/α,β-unsaturated/α-hetero) is 1. The van der Waals surface area contributed by atoms with Gasteiger partial charge in [0.1, 0.15) is 5.75 Å². The molecule has 3 aromatic rings. The van der Waals surface area contributed by atoms with Gasteiger partial charge in [0.2, 0.25) is 0 Å². The number of carbonyl (C=O) groups is 1. The van der Waals surface area contributed by atoms with Crippen molar-refractivity contribution >= 4 is 17.5 Å². The monoisotopic (exact) mass is 422 g/mol. The Morgan fingerprint density at radius 3 is 2.43 bits per heavy atom. The lowest BCUT2D eigenvalue weighted by atomic mass is 10.1. The fraction of sp³-hybridized carbons (Fsp3) is 0.348. The first kappa shape index (κ1) is 20.6. The first-order chi connectivity index (χ1) is 14.7. The van der Waals surface area contributed by atoms with Gasteiger partial charge in [0.05, 0.1) is 18.9 Å². The number of methoxy groups -OCH3 is 1. The third kappa shape index (κ3) is 4.57. The van der Waals surface area contributed by atoms with Gasteiger partial charge in [-0.2, -0.15) is 0 Å². The van der Waals surface area contributed by atoms with E-state index in [4.69, 9.17) is 4.74 Å². The summed E-state index contributed by atoms with van der Waals surface area (Å²) in [6.07, 6.45) is 2.46. The number of ketones is 1. The fourth-order valence-corrected chi connectivity index (χ4v) is 4.62. The van der Waals surface area contributed by atoms with Crippen LogP contribution >= 0.6 is 11.8 Å². The maximum atomic E-state index is 13.0. The molecule has 7 heteroatoms. The highest BCUT2D eigenvalue weighted by Gasteiger charge is 2.23. The summed E-state index contributed by atoms with van der Waals surface area (Å²) in [4.78, 5) is 15.4. The first-order valence-corrected chi connectivity index (χ1v) is 11.1. The first-order valence-electron chi connectivity index (χ1n) is 10.2. The number of nitrogens with zero attached hydrogens (tertiary/aromatic N) is 4. The van der Waals surface area contributed by atoms with Crippen molar-refractivity contribution in [2.24, 2.45) is 0 Å². The van der Waals surface area contributed by atoms with E-state index in [0.717, 1.165) is 42.1 Å². The number of likely N-dealkylation sites (tertiary alicyclic amines) is 1. The molecule has 2 aromatic carbocycles. The Hall–Kier alpha value is -2.64. The van der Waals surface area contributed by atoms with Gasteiger partial charge in [-0.25, -0.2) is 0 Å². The van der Waals surface area contributed by atoms with Crippen LogP contribution in [-0.4, -0.2) is 50.9 Å². The molecule has 1 aliphatic rings. The predicted molar refractivity (Wildman–Crippen MR) is 119 cm³/mol. The van der Waals surface area contributed by atoms with E-state index >= 15 is 0 Å². The highest BCUT2D eigenvalue weighted by molar-refractivity contribution is 8.00. The molecule has 0 saturated carbocycles. The minimum absolute atomic E-state index is 0.0614. The van der Waals surface area contributed by atoms with Crippen molar-refractivity contribution in [2.75, 3.05) is 20.2 Å². The van der Waals surface area contributed by atoms with E-state index in [2.05, 4.69) is 31.8 Å². The second kappa shape index (κ2) is 9.45. The van der Waals surface area contributed by atoms with Gasteiger partial charge >= 0.3 is 0 Å². The topological polar surface area (TPSA) is 60.2 Å². The SMILES string of the molecule is COc1ccc(C(=O)C(C)Sc2nnc(CN3CCCC3)n2-c2ccccc2)cc1. The number of thioether (sulfide) groups is 1. The number of carbonyl (C=O) groups excluding carboxylic acids is 1. The molecule has 1 aliphatic heterocycles. The van der Waals surface area contributed by atoms with Crippen molar-refractivity contribution in [2.45, 2.75) is 36.7 Å². The second-order valence-electron chi connectivity index (χ2n) is 7.41. The summed E-state index contributed by atoms with van der Waals surface area (Å²) >= 11 is 1.45. The fourth-order valence-electron chi connectivity index (χ4n) is 3.66. The highest BCUT2D eigenvalue weighted by atomic mass is 32.2. The Bertz CT molecular complexity index is 982. The maximum absolute atomic E-state index is 13.0. The molecule has 156 valence electrons. The Morgan fingerprint density at radius 2 is 1.77 bits per heavy atom. The minimum Gasteiger partial charge on any atom is -0.497 e. The number of para-hydroxylation sites is 1. The van der Waals surface area contributed by atoms with E-state index in [9.17, 15) is 4.79 Å². The number of rotatable bonds is 8. The van der Waals surface area contributed by atoms with E-state index in [1.807, 2.05) is 37.3 Å². The van der Waals surface area contributed by atoms with E-state index in [0.29, 0.717) is 5.56 Å². The normalized spacial score (nSPS) is 15.3. The van der Waals surface area contributed by atoms with Crippen LogP contribution in [0.3, 0.4) is 0 Å². The zero-order chi connectivity index (χ0) is 20.9. The average Bonchev–Trinajstić information content (AvgIpc) is 3.44. The van der Waals surface area contributed by atoms with Crippen molar-refractivity contribution in [1.82, 2.24) is 19.7 Å². The van der Waals surface area contributed by atoms with E-state index in [1.54, 1.807) is 19.2 Å². The summed E-state index contributed by atoms with van der Waals surface area (Å²) in [6.45, 7) is 4.87. The van der Waals surface area contributed by atoms with Gasteiger partial charge in [-0.15, -0.1) is 10.2 Å². The van der Waals surface area contributed by atoms with Crippen molar-refractivity contribution in [3.63, 3.8) is 0 Å². The summed E-state index contributed by atoms with van der Waals surface area (Å²) in [5.74, 6) is 1.71. The molecule has 2 heterocycles. The molecule has 0 radical (unpaired) electrons. The van der Waals surface area contributed by atoms with Gasteiger partial charge in [-0.05, 0) is 69.3 Å². The van der Waals surface area contributed by atoms with Crippen LogP contribution < -0.4 is 4.74 Å². The minimum atomic E-state index is -0.287. The van der Waals surface area contributed by atoms with Crippen molar-refractivity contribution in [3.05, 3.63) is 66.0 Å². The van der Waals surface area contributed by atoms with Crippen LogP contribution in [0.4, 0.5) is 0 Å². The molecule has 1 saturated heterocycles. The summed E-state index contributed by atoms with van der Waals surface area (Å²) in [6, 6.07) is 17.4. The Balaban J connectivity index is 1.58. The zero-order valence-electron chi connectivity index (χ0n) is 17.3. The summed E-state index contributed by atoms with van der Waals surface area (Å²) in [5.41, 5.74) is 1.68. The molecular formula is C23H26N4O2S. The predicted octanol–water partition coefficient (Wildman–Crippen LogP) is 4.24. The number of ether oxygens (including phenoxy) is 1. The van der Waals surface area contributed by atoms with Gasteiger partial charge < -0.3 is 4.74 Å². The lowest BCUT2D eigenvalue weighted by Crippen LogP contribution is -2.21. The van der Waals surface area contributed by atoms with Gasteiger partial charge in [0, 0.05) is 11.3 Å². The third-order valence-corrected chi connectivity index (χ3v) is 6.35. The summed E-state index contributed by atoms with van der Waals surface area (Å²) in [7, 11) is 1.62. The van der Waals surface area contributed by atoms with Crippen LogP contribution in [-0.2, 0) is 6.54 Å². The molecule has 1 fully saturated rings. The van der Waals surface area contributed by atoms with Gasteiger partial charge in [0.25, 0.3) is 0 Å². The lowest BCUT2D eigenvalue weighted by molar-refractivity contribution is 0.0994. The summed E-state index contributed by atoms with van der Waals surface area (Å²) < 4.78 is 7.27. The van der Waals surface area contributed by atoms with Gasteiger partial charge in [-0.3, -0.25) is 14.3 Å².